The second kappa shape index (κ2) is 5.28. The minimum Gasteiger partial charge on any atom is -0.402 e. The molecule has 2 heterocycles. The van der Waals surface area contributed by atoms with Crippen molar-refractivity contribution in [3.8, 4) is 0 Å². The van der Waals surface area contributed by atoms with E-state index in [0.717, 1.165) is 5.69 Å². The van der Waals surface area contributed by atoms with Crippen LogP contribution in [0, 0.1) is 10.1 Å². The first-order valence-electron chi connectivity index (χ1n) is 6.43. The summed E-state index contributed by atoms with van der Waals surface area (Å²) in [6.07, 6.45) is 3.48. The quantitative estimate of drug-likeness (QED) is 0.376. The van der Waals surface area contributed by atoms with Gasteiger partial charge in [-0.1, -0.05) is 0 Å². The molecule has 1 aliphatic rings. The third-order valence-corrected chi connectivity index (χ3v) is 3.21. The van der Waals surface area contributed by atoms with Gasteiger partial charge in [0.2, 0.25) is 5.90 Å². The first-order chi connectivity index (χ1) is 10.5. The molecule has 0 aliphatic carbocycles. The van der Waals surface area contributed by atoms with Gasteiger partial charge in [0.25, 0.3) is 5.69 Å². The number of nitro benzene ring substituents is 1. The number of non-ortho nitro benzene ring substituents is 1. The summed E-state index contributed by atoms with van der Waals surface area (Å²) in [4.78, 5) is 26.1. The number of cyclic esters (lactones) is 1. The van der Waals surface area contributed by atoms with Crippen LogP contribution < -0.4 is 0 Å². The van der Waals surface area contributed by atoms with Crippen molar-refractivity contribution in [2.45, 2.75) is 0 Å². The van der Waals surface area contributed by atoms with Gasteiger partial charge in [0.05, 0.1) is 4.92 Å². The van der Waals surface area contributed by atoms with E-state index < -0.39 is 10.9 Å². The van der Waals surface area contributed by atoms with Crippen LogP contribution in [0.2, 0.25) is 0 Å². The highest BCUT2D eigenvalue weighted by Gasteiger charge is 2.24. The molecule has 110 valence electrons. The normalized spacial score (nSPS) is 15.8. The molecule has 0 saturated heterocycles. The summed E-state index contributed by atoms with van der Waals surface area (Å²) >= 11 is 0. The molecule has 0 atom stereocenters. The van der Waals surface area contributed by atoms with Gasteiger partial charge in [-0.3, -0.25) is 10.1 Å². The molecule has 0 fully saturated rings. The molecular formula is C15H11N3O4. The highest BCUT2D eigenvalue weighted by atomic mass is 16.6. The highest BCUT2D eigenvalue weighted by molar-refractivity contribution is 6.12. The number of aryl methyl sites for hydroxylation is 1. The van der Waals surface area contributed by atoms with Crippen LogP contribution in [0.5, 0.6) is 0 Å². The van der Waals surface area contributed by atoms with Gasteiger partial charge in [0, 0.05) is 36.6 Å². The van der Waals surface area contributed by atoms with Crippen LogP contribution in [0.4, 0.5) is 5.69 Å². The summed E-state index contributed by atoms with van der Waals surface area (Å²) in [6, 6.07) is 9.37. The molecule has 0 radical (unpaired) electrons. The maximum Gasteiger partial charge on any atom is 0.363 e. The number of hydrogen-bond donors (Lipinski definition) is 0. The zero-order chi connectivity index (χ0) is 15.7. The number of carbonyl (C=O) groups is 1. The Labute approximate surface area is 125 Å². The zero-order valence-corrected chi connectivity index (χ0v) is 11.6. The van der Waals surface area contributed by atoms with Crippen LogP contribution in [0.25, 0.3) is 6.08 Å². The van der Waals surface area contributed by atoms with E-state index in [1.54, 1.807) is 6.08 Å². The SMILES string of the molecule is Cn1cccc1/C=C1/N=C(c2ccc([N+](=O)[O-])cc2)OC1=O. The van der Waals surface area contributed by atoms with E-state index in [-0.39, 0.29) is 17.3 Å². The predicted molar refractivity (Wildman–Crippen MR) is 79.1 cm³/mol. The van der Waals surface area contributed by atoms with Gasteiger partial charge < -0.3 is 9.30 Å². The number of esters is 1. The Balaban J connectivity index is 1.91. The fourth-order valence-corrected chi connectivity index (χ4v) is 2.02. The smallest absolute Gasteiger partial charge is 0.363 e. The number of aromatic nitrogens is 1. The van der Waals surface area contributed by atoms with E-state index in [9.17, 15) is 14.9 Å². The Kier molecular flexibility index (Phi) is 3.30. The Morgan fingerprint density at radius 2 is 2.00 bits per heavy atom. The second-order valence-electron chi connectivity index (χ2n) is 4.68. The Morgan fingerprint density at radius 1 is 1.27 bits per heavy atom. The van der Waals surface area contributed by atoms with Gasteiger partial charge in [0.1, 0.15) is 0 Å². The van der Waals surface area contributed by atoms with Crippen LogP contribution in [-0.2, 0) is 16.6 Å². The fourth-order valence-electron chi connectivity index (χ4n) is 2.02. The molecule has 0 saturated carbocycles. The number of benzene rings is 1. The molecule has 1 aromatic carbocycles. The van der Waals surface area contributed by atoms with Crippen LogP contribution >= 0.6 is 0 Å². The molecule has 7 heteroatoms. The fraction of sp³-hybridized carbons (Fsp3) is 0.0667. The monoisotopic (exact) mass is 297 g/mol. The largest absolute Gasteiger partial charge is 0.402 e. The second-order valence-corrected chi connectivity index (χ2v) is 4.68. The minimum atomic E-state index is -0.547. The first kappa shape index (κ1) is 13.7. The average Bonchev–Trinajstić information content (AvgIpc) is 3.07. The van der Waals surface area contributed by atoms with Crippen LogP contribution in [0.1, 0.15) is 11.3 Å². The summed E-state index contributed by atoms with van der Waals surface area (Å²) in [5, 5.41) is 10.6. The molecule has 1 aromatic heterocycles. The Hall–Kier alpha value is -3.22. The number of nitro groups is 1. The number of rotatable bonds is 3. The van der Waals surface area contributed by atoms with Crippen molar-refractivity contribution < 1.29 is 14.5 Å². The molecule has 0 spiro atoms. The van der Waals surface area contributed by atoms with E-state index in [1.807, 2.05) is 29.9 Å². The lowest BCUT2D eigenvalue weighted by atomic mass is 10.2. The minimum absolute atomic E-state index is 0.0340. The summed E-state index contributed by atoms with van der Waals surface area (Å²) in [5.41, 5.74) is 1.48. The van der Waals surface area contributed by atoms with E-state index in [0.29, 0.717) is 5.56 Å². The standard InChI is InChI=1S/C15H11N3O4/c1-17-8-2-3-12(17)9-13-15(19)22-14(16-13)10-4-6-11(7-5-10)18(20)21/h2-9H,1H3/b13-9+. The van der Waals surface area contributed by atoms with Crippen LogP contribution in [-0.4, -0.2) is 21.4 Å². The predicted octanol–water partition coefficient (Wildman–Crippen LogP) is 2.28. The first-order valence-corrected chi connectivity index (χ1v) is 6.43. The van der Waals surface area contributed by atoms with Gasteiger partial charge in [-0.05, 0) is 30.3 Å². The van der Waals surface area contributed by atoms with Crippen molar-refractivity contribution in [1.82, 2.24) is 4.57 Å². The summed E-state index contributed by atoms with van der Waals surface area (Å²) in [6.45, 7) is 0. The topological polar surface area (TPSA) is 86.7 Å². The Bertz CT molecular complexity index is 816. The van der Waals surface area contributed by atoms with E-state index in [2.05, 4.69) is 4.99 Å². The van der Waals surface area contributed by atoms with Crippen molar-refractivity contribution in [2.24, 2.45) is 12.0 Å². The van der Waals surface area contributed by atoms with Crippen LogP contribution in [0.3, 0.4) is 0 Å². The molecule has 22 heavy (non-hydrogen) atoms. The number of nitrogens with zero attached hydrogens (tertiary/aromatic N) is 3. The molecular weight excluding hydrogens is 286 g/mol. The lowest BCUT2D eigenvalue weighted by Crippen LogP contribution is -2.05. The molecule has 0 amide bonds. The molecule has 1 aliphatic heterocycles. The molecule has 7 nitrogen and oxygen atoms in total. The zero-order valence-electron chi connectivity index (χ0n) is 11.6. The van der Waals surface area contributed by atoms with Gasteiger partial charge in [-0.25, -0.2) is 9.79 Å². The van der Waals surface area contributed by atoms with E-state index in [1.165, 1.54) is 24.3 Å². The van der Waals surface area contributed by atoms with Crippen molar-refractivity contribution in [2.75, 3.05) is 0 Å². The van der Waals surface area contributed by atoms with E-state index >= 15 is 0 Å². The lowest BCUT2D eigenvalue weighted by molar-refractivity contribution is -0.384. The molecule has 0 N–H and O–H groups in total. The lowest BCUT2D eigenvalue weighted by Gasteiger charge is -1.98. The molecule has 0 bridgehead atoms. The van der Waals surface area contributed by atoms with Gasteiger partial charge in [-0.15, -0.1) is 0 Å². The third kappa shape index (κ3) is 2.51. The van der Waals surface area contributed by atoms with Crippen molar-refractivity contribution >= 4 is 23.6 Å². The summed E-state index contributed by atoms with van der Waals surface area (Å²) < 4.78 is 6.96. The maximum absolute atomic E-state index is 11.8. The van der Waals surface area contributed by atoms with Crippen molar-refractivity contribution in [3.05, 3.63) is 69.7 Å². The maximum atomic E-state index is 11.8. The summed E-state index contributed by atoms with van der Waals surface area (Å²) in [7, 11) is 1.85. The van der Waals surface area contributed by atoms with Crippen LogP contribution in [0.15, 0.2) is 53.3 Å². The van der Waals surface area contributed by atoms with Gasteiger partial charge in [0.15, 0.2) is 5.70 Å². The number of ether oxygens (including phenoxy) is 1. The summed E-state index contributed by atoms with van der Waals surface area (Å²) in [5.74, 6) is -0.407. The number of aliphatic imine (C=N–C) groups is 1. The average molecular weight is 297 g/mol. The highest BCUT2D eigenvalue weighted by Crippen LogP contribution is 2.20. The van der Waals surface area contributed by atoms with Gasteiger partial charge in [-0.2, -0.15) is 0 Å². The van der Waals surface area contributed by atoms with E-state index in [4.69, 9.17) is 4.74 Å². The third-order valence-electron chi connectivity index (χ3n) is 3.21. The number of carbonyl (C=O) groups excluding carboxylic acids is 1. The van der Waals surface area contributed by atoms with Crippen molar-refractivity contribution in [1.29, 1.82) is 0 Å². The molecule has 2 aromatic rings. The Morgan fingerprint density at radius 3 is 2.59 bits per heavy atom. The number of hydrogen-bond acceptors (Lipinski definition) is 5. The van der Waals surface area contributed by atoms with Gasteiger partial charge >= 0.3 is 5.97 Å². The molecule has 0 unspecified atom stereocenters. The van der Waals surface area contributed by atoms with Crippen molar-refractivity contribution in [3.63, 3.8) is 0 Å². The molecule has 3 rings (SSSR count).